The molecule has 1 aromatic heterocycles. The van der Waals surface area contributed by atoms with Gasteiger partial charge < -0.3 is 9.64 Å². The van der Waals surface area contributed by atoms with Gasteiger partial charge in [-0.25, -0.2) is 0 Å². The van der Waals surface area contributed by atoms with Crippen molar-refractivity contribution in [3.05, 3.63) is 24.0 Å². The van der Waals surface area contributed by atoms with Crippen molar-refractivity contribution < 1.29 is 4.74 Å². The standard InChI is InChI=1S/C11H18N2O/c1-4-13(2)8-6-10-9-12-7-5-11(10)14-3/h5,7,9H,4,6,8H2,1-3H3. The van der Waals surface area contributed by atoms with Gasteiger partial charge in [-0.3, -0.25) is 4.98 Å². The molecule has 0 saturated heterocycles. The maximum atomic E-state index is 5.25. The molecule has 1 aromatic rings. The molecule has 0 bridgehead atoms. The van der Waals surface area contributed by atoms with Crippen LogP contribution >= 0.6 is 0 Å². The first-order chi connectivity index (χ1) is 6.77. The molecule has 0 atom stereocenters. The first-order valence-corrected chi connectivity index (χ1v) is 4.93. The minimum atomic E-state index is 0.935. The quantitative estimate of drug-likeness (QED) is 0.711. The summed E-state index contributed by atoms with van der Waals surface area (Å²) in [6.07, 6.45) is 4.62. The Hall–Kier alpha value is -1.09. The summed E-state index contributed by atoms with van der Waals surface area (Å²) in [5.41, 5.74) is 1.18. The number of hydrogen-bond donors (Lipinski definition) is 0. The third kappa shape index (κ3) is 3.00. The Bertz CT molecular complexity index is 276. The molecule has 1 rings (SSSR count). The van der Waals surface area contributed by atoms with Gasteiger partial charge in [0.15, 0.2) is 0 Å². The Kier molecular flexibility index (Phi) is 4.40. The summed E-state index contributed by atoms with van der Waals surface area (Å²) in [5, 5.41) is 0. The zero-order chi connectivity index (χ0) is 10.4. The van der Waals surface area contributed by atoms with Gasteiger partial charge in [0.25, 0.3) is 0 Å². The van der Waals surface area contributed by atoms with Crippen molar-refractivity contribution in [1.29, 1.82) is 0 Å². The van der Waals surface area contributed by atoms with Crippen LogP contribution in [0.25, 0.3) is 0 Å². The molecule has 0 fully saturated rings. The van der Waals surface area contributed by atoms with Gasteiger partial charge in [-0.2, -0.15) is 0 Å². The summed E-state index contributed by atoms with van der Waals surface area (Å²) < 4.78 is 5.25. The van der Waals surface area contributed by atoms with Crippen molar-refractivity contribution in [1.82, 2.24) is 9.88 Å². The number of aromatic nitrogens is 1. The fourth-order valence-corrected chi connectivity index (χ4v) is 1.27. The molecule has 0 unspecified atom stereocenters. The Morgan fingerprint density at radius 1 is 1.50 bits per heavy atom. The molecule has 0 aliphatic carbocycles. The van der Waals surface area contributed by atoms with Crippen LogP contribution in [-0.2, 0) is 6.42 Å². The molecular weight excluding hydrogens is 176 g/mol. The summed E-state index contributed by atoms with van der Waals surface area (Å²) in [4.78, 5) is 6.37. The van der Waals surface area contributed by atoms with Crippen molar-refractivity contribution in [2.75, 3.05) is 27.2 Å². The van der Waals surface area contributed by atoms with E-state index in [0.29, 0.717) is 0 Å². The highest BCUT2D eigenvalue weighted by Crippen LogP contribution is 2.16. The zero-order valence-corrected chi connectivity index (χ0v) is 9.16. The number of likely N-dealkylation sites (N-methyl/N-ethyl adjacent to an activating group) is 1. The summed E-state index contributed by atoms with van der Waals surface area (Å²) in [6, 6.07) is 1.90. The summed E-state index contributed by atoms with van der Waals surface area (Å²) in [5.74, 6) is 0.935. The predicted octanol–water partition coefficient (Wildman–Crippen LogP) is 1.58. The van der Waals surface area contributed by atoms with Crippen molar-refractivity contribution in [3.8, 4) is 5.75 Å². The van der Waals surface area contributed by atoms with Crippen LogP contribution in [0.4, 0.5) is 0 Å². The normalized spacial score (nSPS) is 10.6. The molecule has 0 spiro atoms. The molecule has 14 heavy (non-hydrogen) atoms. The van der Waals surface area contributed by atoms with Gasteiger partial charge in [-0.15, -0.1) is 0 Å². The molecule has 3 nitrogen and oxygen atoms in total. The van der Waals surface area contributed by atoms with Crippen LogP contribution < -0.4 is 4.74 Å². The lowest BCUT2D eigenvalue weighted by atomic mass is 10.2. The summed E-state index contributed by atoms with van der Waals surface area (Å²) in [6.45, 7) is 4.27. The van der Waals surface area contributed by atoms with E-state index in [9.17, 15) is 0 Å². The minimum absolute atomic E-state index is 0.935. The third-order valence-corrected chi connectivity index (χ3v) is 2.38. The number of hydrogen-bond acceptors (Lipinski definition) is 3. The number of pyridine rings is 1. The van der Waals surface area contributed by atoms with Crippen molar-refractivity contribution in [2.24, 2.45) is 0 Å². The first-order valence-electron chi connectivity index (χ1n) is 4.93. The van der Waals surface area contributed by atoms with Crippen LogP contribution in [0.5, 0.6) is 5.75 Å². The van der Waals surface area contributed by atoms with E-state index in [4.69, 9.17) is 4.74 Å². The fraction of sp³-hybridized carbons (Fsp3) is 0.545. The highest BCUT2D eigenvalue weighted by Gasteiger charge is 2.03. The predicted molar refractivity (Wildman–Crippen MR) is 57.7 cm³/mol. The lowest BCUT2D eigenvalue weighted by Gasteiger charge is -2.14. The SMILES string of the molecule is CCN(C)CCc1cnccc1OC. The summed E-state index contributed by atoms with van der Waals surface area (Å²) >= 11 is 0. The van der Waals surface area contributed by atoms with E-state index in [1.54, 1.807) is 13.3 Å². The Labute approximate surface area is 85.7 Å². The molecule has 3 heteroatoms. The van der Waals surface area contributed by atoms with Crippen LogP contribution in [-0.4, -0.2) is 37.1 Å². The number of ether oxygens (including phenoxy) is 1. The largest absolute Gasteiger partial charge is 0.496 e. The Balaban J connectivity index is 2.57. The van der Waals surface area contributed by atoms with E-state index in [2.05, 4.69) is 23.9 Å². The van der Waals surface area contributed by atoms with Crippen molar-refractivity contribution in [3.63, 3.8) is 0 Å². The number of methoxy groups -OCH3 is 1. The van der Waals surface area contributed by atoms with Gasteiger partial charge in [0, 0.05) is 24.5 Å². The topological polar surface area (TPSA) is 25.4 Å². The number of rotatable bonds is 5. The maximum absolute atomic E-state index is 5.25. The van der Waals surface area contributed by atoms with Crippen molar-refractivity contribution >= 4 is 0 Å². The molecule has 1 heterocycles. The monoisotopic (exact) mass is 194 g/mol. The molecule has 0 aromatic carbocycles. The molecule has 0 N–H and O–H groups in total. The second-order valence-corrected chi connectivity index (χ2v) is 3.33. The van der Waals surface area contributed by atoms with E-state index in [-0.39, 0.29) is 0 Å². The van der Waals surface area contributed by atoms with Crippen LogP contribution in [0.3, 0.4) is 0 Å². The zero-order valence-electron chi connectivity index (χ0n) is 9.16. The molecule has 0 saturated carbocycles. The average Bonchev–Trinajstić information content (AvgIpc) is 2.26. The number of nitrogens with zero attached hydrogens (tertiary/aromatic N) is 2. The molecule has 0 radical (unpaired) electrons. The Morgan fingerprint density at radius 3 is 2.93 bits per heavy atom. The van der Waals surface area contributed by atoms with Gasteiger partial charge in [0.1, 0.15) is 5.75 Å². The van der Waals surface area contributed by atoms with Gasteiger partial charge in [-0.1, -0.05) is 6.92 Å². The van der Waals surface area contributed by atoms with E-state index in [1.807, 2.05) is 12.3 Å². The van der Waals surface area contributed by atoms with E-state index >= 15 is 0 Å². The van der Waals surface area contributed by atoms with Crippen LogP contribution in [0.15, 0.2) is 18.5 Å². The first kappa shape index (κ1) is 11.0. The lowest BCUT2D eigenvalue weighted by molar-refractivity contribution is 0.352. The van der Waals surface area contributed by atoms with Crippen LogP contribution in [0, 0.1) is 0 Å². The second kappa shape index (κ2) is 5.60. The highest BCUT2D eigenvalue weighted by molar-refractivity contribution is 5.30. The fourth-order valence-electron chi connectivity index (χ4n) is 1.27. The average molecular weight is 194 g/mol. The van der Waals surface area contributed by atoms with Gasteiger partial charge in [0.05, 0.1) is 7.11 Å². The van der Waals surface area contributed by atoms with Crippen LogP contribution in [0.2, 0.25) is 0 Å². The van der Waals surface area contributed by atoms with E-state index in [0.717, 1.165) is 25.3 Å². The van der Waals surface area contributed by atoms with Gasteiger partial charge in [0.2, 0.25) is 0 Å². The molecule has 0 amide bonds. The molecule has 78 valence electrons. The maximum Gasteiger partial charge on any atom is 0.125 e. The Morgan fingerprint density at radius 2 is 2.29 bits per heavy atom. The minimum Gasteiger partial charge on any atom is -0.496 e. The molecule has 0 aliphatic heterocycles. The lowest BCUT2D eigenvalue weighted by Crippen LogP contribution is -2.20. The van der Waals surface area contributed by atoms with Crippen LogP contribution in [0.1, 0.15) is 12.5 Å². The summed E-state index contributed by atoms with van der Waals surface area (Å²) in [7, 11) is 3.81. The smallest absolute Gasteiger partial charge is 0.125 e. The molecular formula is C11H18N2O. The van der Waals surface area contributed by atoms with E-state index in [1.165, 1.54) is 5.56 Å². The highest BCUT2D eigenvalue weighted by atomic mass is 16.5. The molecule has 0 aliphatic rings. The van der Waals surface area contributed by atoms with Gasteiger partial charge >= 0.3 is 0 Å². The van der Waals surface area contributed by atoms with Gasteiger partial charge in [-0.05, 0) is 26.1 Å². The van der Waals surface area contributed by atoms with E-state index < -0.39 is 0 Å². The second-order valence-electron chi connectivity index (χ2n) is 3.33. The van der Waals surface area contributed by atoms with Crippen molar-refractivity contribution in [2.45, 2.75) is 13.3 Å². The third-order valence-electron chi connectivity index (χ3n) is 2.38.